The number of nitrogens with zero attached hydrogens (tertiary/aromatic N) is 4. The van der Waals surface area contributed by atoms with Gasteiger partial charge in [0.05, 0.1) is 18.8 Å². The molecule has 1 aromatic heterocycles. The monoisotopic (exact) mass is 400 g/mol. The first-order valence-corrected chi connectivity index (χ1v) is 9.63. The Bertz CT molecular complexity index is 1110. The van der Waals surface area contributed by atoms with Crippen molar-refractivity contribution in [1.82, 2.24) is 19.9 Å². The minimum atomic E-state index is -0.376. The van der Waals surface area contributed by atoms with Crippen LogP contribution >= 0.6 is 0 Å². The second-order valence-corrected chi connectivity index (χ2v) is 7.07. The van der Waals surface area contributed by atoms with Crippen LogP contribution in [0.25, 0.3) is 0 Å². The summed E-state index contributed by atoms with van der Waals surface area (Å²) in [7, 11) is 1.72. The molecule has 1 atom stereocenters. The number of rotatable bonds is 6. The van der Waals surface area contributed by atoms with Crippen molar-refractivity contribution in [3.8, 4) is 0 Å². The molecule has 0 aliphatic heterocycles. The van der Waals surface area contributed by atoms with Gasteiger partial charge < -0.3 is 4.90 Å². The highest BCUT2D eigenvalue weighted by atomic mass is 19.1. The Balaban J connectivity index is 1.61. The van der Waals surface area contributed by atoms with Crippen LogP contribution in [0.5, 0.6) is 0 Å². The van der Waals surface area contributed by atoms with Gasteiger partial charge in [0, 0.05) is 7.05 Å². The van der Waals surface area contributed by atoms with E-state index in [1.807, 2.05) is 60.7 Å². The van der Waals surface area contributed by atoms with Crippen LogP contribution in [-0.4, -0.2) is 32.8 Å². The zero-order valence-electron chi connectivity index (χ0n) is 16.5. The molecule has 30 heavy (non-hydrogen) atoms. The van der Waals surface area contributed by atoms with E-state index >= 15 is 0 Å². The molecule has 4 aromatic rings. The SMILES string of the molecule is CN(C(=O)c1cn(Cc2ccccc2)nn1)C(c1ccccc1)c1ccc(F)cc1. The van der Waals surface area contributed by atoms with Crippen LogP contribution in [0.1, 0.15) is 33.2 Å². The molecule has 0 spiro atoms. The van der Waals surface area contributed by atoms with E-state index in [1.165, 1.54) is 12.1 Å². The van der Waals surface area contributed by atoms with Crippen LogP contribution in [0.3, 0.4) is 0 Å². The van der Waals surface area contributed by atoms with Crippen molar-refractivity contribution in [3.63, 3.8) is 0 Å². The summed E-state index contributed by atoms with van der Waals surface area (Å²) in [5.41, 5.74) is 3.08. The first kappa shape index (κ1) is 19.5. The molecule has 0 aliphatic rings. The maximum atomic E-state index is 13.5. The smallest absolute Gasteiger partial charge is 0.276 e. The topological polar surface area (TPSA) is 51.0 Å². The molecule has 3 aromatic carbocycles. The third-order valence-corrected chi connectivity index (χ3v) is 4.95. The molecule has 0 fully saturated rings. The molecule has 4 rings (SSSR count). The van der Waals surface area contributed by atoms with Gasteiger partial charge in [-0.25, -0.2) is 9.07 Å². The summed E-state index contributed by atoms with van der Waals surface area (Å²) in [6.45, 7) is 0.533. The molecule has 1 heterocycles. The molecular weight excluding hydrogens is 379 g/mol. The van der Waals surface area contributed by atoms with Gasteiger partial charge in [-0.05, 0) is 28.8 Å². The quantitative estimate of drug-likeness (QED) is 0.484. The van der Waals surface area contributed by atoms with Crippen molar-refractivity contribution < 1.29 is 9.18 Å². The van der Waals surface area contributed by atoms with E-state index in [0.29, 0.717) is 6.54 Å². The molecule has 150 valence electrons. The number of carbonyl (C=O) groups excluding carboxylic acids is 1. The van der Waals surface area contributed by atoms with Crippen LogP contribution in [0.4, 0.5) is 4.39 Å². The highest BCUT2D eigenvalue weighted by molar-refractivity contribution is 5.92. The van der Waals surface area contributed by atoms with Gasteiger partial charge in [0.15, 0.2) is 5.69 Å². The highest BCUT2D eigenvalue weighted by Crippen LogP contribution is 2.28. The Morgan fingerprint density at radius 3 is 2.20 bits per heavy atom. The summed E-state index contributed by atoms with van der Waals surface area (Å²) in [5.74, 6) is -0.573. The van der Waals surface area contributed by atoms with Crippen LogP contribution < -0.4 is 0 Å². The molecule has 0 saturated carbocycles. The predicted molar refractivity (Wildman–Crippen MR) is 112 cm³/mol. The number of halogens is 1. The Kier molecular flexibility index (Phi) is 5.66. The van der Waals surface area contributed by atoms with Gasteiger partial charge in [-0.15, -0.1) is 5.10 Å². The second-order valence-electron chi connectivity index (χ2n) is 7.07. The Morgan fingerprint density at radius 1 is 0.933 bits per heavy atom. The molecule has 0 N–H and O–H groups in total. The van der Waals surface area contributed by atoms with Gasteiger partial charge in [0.2, 0.25) is 0 Å². The number of aromatic nitrogens is 3. The number of amides is 1. The van der Waals surface area contributed by atoms with E-state index in [0.717, 1.165) is 16.7 Å². The van der Waals surface area contributed by atoms with Crippen LogP contribution in [0, 0.1) is 5.82 Å². The zero-order valence-corrected chi connectivity index (χ0v) is 16.5. The van der Waals surface area contributed by atoms with Crippen LogP contribution in [-0.2, 0) is 6.54 Å². The van der Waals surface area contributed by atoms with Gasteiger partial charge in [-0.1, -0.05) is 78.0 Å². The van der Waals surface area contributed by atoms with Crippen LogP contribution in [0.15, 0.2) is 91.1 Å². The van der Waals surface area contributed by atoms with Crippen molar-refractivity contribution in [1.29, 1.82) is 0 Å². The number of carbonyl (C=O) groups is 1. The zero-order chi connectivity index (χ0) is 20.9. The van der Waals surface area contributed by atoms with E-state index in [2.05, 4.69) is 10.3 Å². The average molecular weight is 400 g/mol. The fourth-order valence-electron chi connectivity index (χ4n) is 3.46. The van der Waals surface area contributed by atoms with Gasteiger partial charge in [-0.3, -0.25) is 4.79 Å². The molecule has 0 saturated heterocycles. The summed E-state index contributed by atoms with van der Waals surface area (Å²) < 4.78 is 15.1. The van der Waals surface area contributed by atoms with Crippen molar-refractivity contribution in [3.05, 3.63) is 119 Å². The molecule has 1 unspecified atom stereocenters. The van der Waals surface area contributed by atoms with E-state index in [1.54, 1.807) is 35.0 Å². The lowest BCUT2D eigenvalue weighted by Crippen LogP contribution is -2.32. The number of benzene rings is 3. The van der Waals surface area contributed by atoms with Crippen molar-refractivity contribution in [2.24, 2.45) is 0 Å². The van der Waals surface area contributed by atoms with Gasteiger partial charge in [0.25, 0.3) is 5.91 Å². The van der Waals surface area contributed by atoms with Gasteiger partial charge >= 0.3 is 0 Å². The Hall–Kier alpha value is -3.80. The molecule has 0 aliphatic carbocycles. The van der Waals surface area contributed by atoms with Gasteiger partial charge in [-0.2, -0.15) is 0 Å². The molecule has 6 heteroatoms. The van der Waals surface area contributed by atoms with E-state index in [9.17, 15) is 9.18 Å². The highest BCUT2D eigenvalue weighted by Gasteiger charge is 2.26. The summed E-state index contributed by atoms with van der Waals surface area (Å²) in [4.78, 5) is 14.8. The van der Waals surface area contributed by atoms with Crippen molar-refractivity contribution >= 4 is 5.91 Å². The van der Waals surface area contributed by atoms with E-state index in [-0.39, 0.29) is 23.5 Å². The fraction of sp³-hybridized carbons (Fsp3) is 0.125. The van der Waals surface area contributed by atoms with Gasteiger partial charge in [0.1, 0.15) is 5.82 Å². The van der Waals surface area contributed by atoms with Crippen molar-refractivity contribution in [2.45, 2.75) is 12.6 Å². The van der Waals surface area contributed by atoms with E-state index < -0.39 is 0 Å². The molecule has 0 radical (unpaired) electrons. The molecule has 5 nitrogen and oxygen atoms in total. The first-order chi connectivity index (χ1) is 14.6. The average Bonchev–Trinajstić information content (AvgIpc) is 3.24. The normalized spacial score (nSPS) is 11.8. The Labute approximate surface area is 174 Å². The maximum absolute atomic E-state index is 13.5. The molecular formula is C24H21FN4O. The predicted octanol–water partition coefficient (Wildman–Crippen LogP) is 4.33. The number of hydrogen-bond acceptors (Lipinski definition) is 3. The largest absolute Gasteiger partial charge is 0.329 e. The van der Waals surface area contributed by atoms with Crippen LogP contribution in [0.2, 0.25) is 0 Å². The summed E-state index contributed by atoms with van der Waals surface area (Å²) >= 11 is 0. The number of hydrogen-bond donors (Lipinski definition) is 0. The lowest BCUT2D eigenvalue weighted by molar-refractivity contribution is 0.0749. The Morgan fingerprint density at radius 2 is 1.53 bits per heavy atom. The lowest BCUT2D eigenvalue weighted by Gasteiger charge is -2.28. The minimum absolute atomic E-state index is 0.257. The third-order valence-electron chi connectivity index (χ3n) is 4.95. The van der Waals surface area contributed by atoms with E-state index in [4.69, 9.17) is 0 Å². The summed E-state index contributed by atoms with van der Waals surface area (Å²) in [5, 5.41) is 8.18. The molecule has 1 amide bonds. The standard InChI is InChI=1S/C24H21FN4O/c1-28(23(19-10-6-3-7-11-19)20-12-14-21(25)15-13-20)24(30)22-17-29(27-26-22)16-18-8-4-2-5-9-18/h2-15,17,23H,16H2,1H3. The lowest BCUT2D eigenvalue weighted by atomic mass is 9.97. The maximum Gasteiger partial charge on any atom is 0.276 e. The van der Waals surface area contributed by atoms with Crippen molar-refractivity contribution in [2.75, 3.05) is 7.05 Å². The fourth-order valence-corrected chi connectivity index (χ4v) is 3.46. The molecule has 0 bridgehead atoms. The minimum Gasteiger partial charge on any atom is -0.329 e. The summed E-state index contributed by atoms with van der Waals surface area (Å²) in [6, 6.07) is 25.3. The third kappa shape index (κ3) is 4.27. The summed E-state index contributed by atoms with van der Waals surface area (Å²) in [6.07, 6.45) is 1.65. The first-order valence-electron chi connectivity index (χ1n) is 9.63. The second kappa shape index (κ2) is 8.69.